The molecule has 0 aliphatic heterocycles. The van der Waals surface area contributed by atoms with E-state index in [2.05, 4.69) is 38.2 Å². The number of rotatable bonds is 0. The third-order valence-electron chi connectivity index (χ3n) is 6.17. The van der Waals surface area contributed by atoms with Crippen LogP contribution in [0.4, 0.5) is 0 Å². The van der Waals surface area contributed by atoms with Crippen molar-refractivity contribution in [2.75, 3.05) is 0 Å². The first-order chi connectivity index (χ1) is 11.8. The van der Waals surface area contributed by atoms with Gasteiger partial charge in [-0.25, -0.2) is 12.2 Å². The number of hydrogen-bond acceptors (Lipinski definition) is 0. The summed E-state index contributed by atoms with van der Waals surface area (Å²) >= 11 is 0. The van der Waals surface area contributed by atoms with Crippen LogP contribution in [0.2, 0.25) is 0 Å². The molecule has 2 atom stereocenters. The minimum atomic E-state index is 0. The van der Waals surface area contributed by atoms with Gasteiger partial charge in [0, 0.05) is 0 Å². The fraction of sp³-hybridized carbons (Fsp3) is 0.667. The molecule has 4 aliphatic carbocycles. The molecule has 4 rings (SSSR count). The van der Waals surface area contributed by atoms with Crippen LogP contribution in [-0.2, 0) is 26.2 Å². The maximum absolute atomic E-state index is 3.42. The second kappa shape index (κ2) is 14.4. The molecule has 0 heterocycles. The van der Waals surface area contributed by atoms with Gasteiger partial charge in [-0.2, -0.15) is 22.3 Å². The Balaban J connectivity index is 0.000000451. The Morgan fingerprint density at radius 1 is 0.593 bits per heavy atom. The summed E-state index contributed by atoms with van der Waals surface area (Å²) in [6, 6.07) is 0. The molecule has 0 N–H and O–H groups in total. The first-order valence-corrected chi connectivity index (χ1v) is 10.4. The summed E-state index contributed by atoms with van der Waals surface area (Å²) in [5.41, 5.74) is 6.61. The monoisotopic (exact) mass is 482 g/mol. The Morgan fingerprint density at radius 3 is 1.30 bits per heavy atom. The van der Waals surface area contributed by atoms with Crippen molar-refractivity contribution in [2.24, 2.45) is 11.8 Å². The molecule has 0 nitrogen and oxygen atoms in total. The SMILES string of the molecule is CC1[C-]=CC2=C1CCCCCC2.CC1[C-]=CC2=C1CCCCCC2.[Cl-].[Cl-].[Zr+4]. The number of hydrogen-bond donors (Lipinski definition) is 0. The normalized spacial score (nSPS) is 26.6. The van der Waals surface area contributed by atoms with Gasteiger partial charge in [-0.3, -0.25) is 12.2 Å². The molecule has 0 aromatic heterocycles. The Hall–Kier alpha value is 0.423. The summed E-state index contributed by atoms with van der Waals surface area (Å²) in [4.78, 5) is 0. The fourth-order valence-corrected chi connectivity index (χ4v) is 4.58. The standard InChI is InChI=1S/2C12H17.2ClH.Zr/c2*1-10-8-9-11-6-4-2-3-5-7-12(10)11;;;/h2*9-10H,2-7H2,1H3;2*1H;/q2*-1;;;+4/p-2. The van der Waals surface area contributed by atoms with E-state index in [4.69, 9.17) is 0 Å². The van der Waals surface area contributed by atoms with E-state index in [1.54, 1.807) is 22.3 Å². The van der Waals surface area contributed by atoms with E-state index in [1.807, 2.05) is 0 Å². The third-order valence-corrected chi connectivity index (χ3v) is 6.17. The van der Waals surface area contributed by atoms with Crippen molar-refractivity contribution in [2.45, 2.75) is 90.9 Å². The predicted octanol–water partition coefficient (Wildman–Crippen LogP) is 1.30. The van der Waals surface area contributed by atoms with Crippen molar-refractivity contribution in [3.05, 3.63) is 46.6 Å². The molecule has 2 unspecified atom stereocenters. The minimum Gasteiger partial charge on any atom is -1.00 e. The van der Waals surface area contributed by atoms with E-state index >= 15 is 0 Å². The van der Waals surface area contributed by atoms with Crippen LogP contribution in [0.15, 0.2) is 34.4 Å². The van der Waals surface area contributed by atoms with Crippen molar-refractivity contribution >= 4 is 0 Å². The largest absolute Gasteiger partial charge is 4.00 e. The number of allylic oxidation sites excluding steroid dienone is 8. The molecule has 4 aliphatic rings. The maximum atomic E-state index is 3.42. The van der Waals surface area contributed by atoms with Crippen LogP contribution in [0.25, 0.3) is 0 Å². The quantitative estimate of drug-likeness (QED) is 0.455. The van der Waals surface area contributed by atoms with Crippen molar-refractivity contribution < 1.29 is 51.0 Å². The molecule has 0 bridgehead atoms. The first kappa shape index (κ1) is 27.4. The van der Waals surface area contributed by atoms with Gasteiger partial charge in [0.05, 0.1) is 0 Å². The van der Waals surface area contributed by atoms with E-state index in [-0.39, 0.29) is 51.0 Å². The van der Waals surface area contributed by atoms with Crippen LogP contribution in [0.1, 0.15) is 90.9 Å². The summed E-state index contributed by atoms with van der Waals surface area (Å²) in [7, 11) is 0. The van der Waals surface area contributed by atoms with Gasteiger partial charge in [-0.15, -0.1) is 0 Å². The van der Waals surface area contributed by atoms with E-state index in [0.29, 0.717) is 11.8 Å². The Labute approximate surface area is 199 Å². The topological polar surface area (TPSA) is 0 Å². The summed E-state index contributed by atoms with van der Waals surface area (Å²) < 4.78 is 0. The average Bonchev–Trinajstić information content (AvgIpc) is 3.02. The van der Waals surface area contributed by atoms with Crippen LogP contribution in [0.3, 0.4) is 0 Å². The molecule has 0 saturated carbocycles. The molecule has 0 aromatic rings. The molecule has 3 heteroatoms. The second-order valence-corrected chi connectivity index (χ2v) is 7.99. The van der Waals surface area contributed by atoms with Crippen molar-refractivity contribution in [3.63, 3.8) is 0 Å². The van der Waals surface area contributed by atoms with Gasteiger partial charge in [-0.05, 0) is 12.8 Å². The zero-order valence-corrected chi connectivity index (χ0v) is 21.0. The molecule has 0 spiro atoms. The Kier molecular flexibility index (Phi) is 14.6. The van der Waals surface area contributed by atoms with E-state index < -0.39 is 0 Å². The second-order valence-electron chi connectivity index (χ2n) is 7.99. The zero-order chi connectivity index (χ0) is 16.8. The van der Waals surface area contributed by atoms with Gasteiger partial charge in [-0.1, -0.05) is 89.9 Å². The molecule has 0 aromatic carbocycles. The van der Waals surface area contributed by atoms with Crippen molar-refractivity contribution in [1.29, 1.82) is 0 Å². The molecule has 27 heavy (non-hydrogen) atoms. The van der Waals surface area contributed by atoms with Gasteiger partial charge in [0.1, 0.15) is 0 Å². The van der Waals surface area contributed by atoms with Gasteiger partial charge in [0.2, 0.25) is 0 Å². The van der Waals surface area contributed by atoms with Crippen molar-refractivity contribution in [1.82, 2.24) is 0 Å². The molecular weight excluding hydrogens is 450 g/mol. The average molecular weight is 485 g/mol. The molecule has 0 amide bonds. The minimum absolute atomic E-state index is 0. The predicted molar refractivity (Wildman–Crippen MR) is 103 cm³/mol. The van der Waals surface area contributed by atoms with Crippen LogP contribution < -0.4 is 24.8 Å². The summed E-state index contributed by atoms with van der Waals surface area (Å²) in [6.07, 6.45) is 27.9. The molecule has 148 valence electrons. The number of halogens is 2. The van der Waals surface area contributed by atoms with E-state index in [1.165, 1.54) is 77.0 Å². The van der Waals surface area contributed by atoms with E-state index in [0.717, 1.165) is 0 Å². The summed E-state index contributed by atoms with van der Waals surface area (Å²) in [5, 5.41) is 0. The van der Waals surface area contributed by atoms with Gasteiger partial charge >= 0.3 is 26.2 Å². The Bertz CT molecular complexity index is 507. The van der Waals surface area contributed by atoms with Crippen LogP contribution in [-0.4, -0.2) is 0 Å². The summed E-state index contributed by atoms with van der Waals surface area (Å²) in [6.45, 7) is 4.56. The van der Waals surface area contributed by atoms with E-state index in [9.17, 15) is 0 Å². The van der Waals surface area contributed by atoms with Crippen LogP contribution >= 0.6 is 0 Å². The fourth-order valence-electron chi connectivity index (χ4n) is 4.58. The molecule has 0 radical (unpaired) electrons. The smallest absolute Gasteiger partial charge is 1.00 e. The first-order valence-electron chi connectivity index (χ1n) is 10.4. The third kappa shape index (κ3) is 7.99. The zero-order valence-electron chi connectivity index (χ0n) is 17.1. The molecule has 0 fully saturated rings. The van der Waals surface area contributed by atoms with Gasteiger partial charge in [0.25, 0.3) is 0 Å². The maximum Gasteiger partial charge on any atom is 4.00 e. The van der Waals surface area contributed by atoms with Crippen LogP contribution in [0.5, 0.6) is 0 Å². The summed E-state index contributed by atoms with van der Waals surface area (Å²) in [5.74, 6) is 1.25. The van der Waals surface area contributed by atoms with Gasteiger partial charge in [0.15, 0.2) is 0 Å². The van der Waals surface area contributed by atoms with Crippen LogP contribution in [0, 0.1) is 24.0 Å². The van der Waals surface area contributed by atoms with Crippen molar-refractivity contribution in [3.8, 4) is 0 Å². The molecular formula is C24H34Cl2Zr. The molecule has 0 saturated heterocycles. The van der Waals surface area contributed by atoms with Gasteiger partial charge < -0.3 is 24.8 Å². The Morgan fingerprint density at radius 2 is 0.926 bits per heavy atom.